The Morgan fingerprint density at radius 1 is 1.33 bits per heavy atom. The topological polar surface area (TPSA) is 44.7 Å². The van der Waals surface area contributed by atoms with E-state index < -0.39 is 0 Å². The molecule has 0 saturated heterocycles. The molecule has 0 radical (unpaired) electrons. The SMILES string of the molecule is CCC1N=C(CCN(CC)CC)NC1=O. The molecular formula is C11H21N3O. The van der Waals surface area contributed by atoms with E-state index in [4.69, 9.17) is 0 Å². The summed E-state index contributed by atoms with van der Waals surface area (Å²) in [7, 11) is 0. The van der Waals surface area contributed by atoms with Crippen molar-refractivity contribution in [3.8, 4) is 0 Å². The fourth-order valence-corrected chi connectivity index (χ4v) is 1.71. The van der Waals surface area contributed by atoms with Crippen molar-refractivity contribution in [1.29, 1.82) is 0 Å². The molecular weight excluding hydrogens is 190 g/mol. The van der Waals surface area contributed by atoms with Crippen LogP contribution in [-0.4, -0.2) is 42.3 Å². The maximum absolute atomic E-state index is 11.4. The highest BCUT2D eigenvalue weighted by Crippen LogP contribution is 2.06. The van der Waals surface area contributed by atoms with E-state index in [0.717, 1.165) is 38.3 Å². The summed E-state index contributed by atoms with van der Waals surface area (Å²) in [5.41, 5.74) is 0. The largest absolute Gasteiger partial charge is 0.313 e. The lowest BCUT2D eigenvalue weighted by Crippen LogP contribution is -2.32. The van der Waals surface area contributed by atoms with Gasteiger partial charge >= 0.3 is 0 Å². The first-order valence-electron chi connectivity index (χ1n) is 5.81. The van der Waals surface area contributed by atoms with Crippen LogP contribution >= 0.6 is 0 Å². The molecule has 4 heteroatoms. The lowest BCUT2D eigenvalue weighted by atomic mass is 10.2. The number of aliphatic imine (C=N–C) groups is 1. The number of carbonyl (C=O) groups is 1. The quantitative estimate of drug-likeness (QED) is 0.713. The van der Waals surface area contributed by atoms with Crippen molar-refractivity contribution >= 4 is 11.7 Å². The fourth-order valence-electron chi connectivity index (χ4n) is 1.71. The zero-order valence-electron chi connectivity index (χ0n) is 9.92. The van der Waals surface area contributed by atoms with Crippen molar-refractivity contribution in [3.63, 3.8) is 0 Å². The van der Waals surface area contributed by atoms with Crippen molar-refractivity contribution in [2.24, 2.45) is 4.99 Å². The molecule has 1 atom stereocenters. The Kier molecular flexibility index (Phi) is 4.75. The molecule has 0 aromatic heterocycles. The van der Waals surface area contributed by atoms with Crippen LogP contribution in [0.1, 0.15) is 33.6 Å². The molecule has 1 aliphatic rings. The monoisotopic (exact) mass is 211 g/mol. The van der Waals surface area contributed by atoms with Crippen molar-refractivity contribution in [2.45, 2.75) is 39.7 Å². The van der Waals surface area contributed by atoms with Gasteiger partial charge in [-0.15, -0.1) is 0 Å². The first kappa shape index (κ1) is 12.2. The van der Waals surface area contributed by atoms with Crippen LogP contribution in [0, 0.1) is 0 Å². The van der Waals surface area contributed by atoms with Crippen LogP contribution in [0.15, 0.2) is 4.99 Å². The first-order valence-corrected chi connectivity index (χ1v) is 5.81. The van der Waals surface area contributed by atoms with Crippen LogP contribution in [-0.2, 0) is 4.79 Å². The third-order valence-corrected chi connectivity index (χ3v) is 2.83. The second-order valence-corrected chi connectivity index (χ2v) is 3.77. The highest BCUT2D eigenvalue weighted by Gasteiger charge is 2.23. The van der Waals surface area contributed by atoms with Crippen LogP contribution in [0.5, 0.6) is 0 Å². The Morgan fingerprint density at radius 3 is 2.47 bits per heavy atom. The Bertz CT molecular complexity index is 246. The van der Waals surface area contributed by atoms with E-state index >= 15 is 0 Å². The molecule has 1 rings (SSSR count). The van der Waals surface area contributed by atoms with Gasteiger partial charge in [0.15, 0.2) is 0 Å². The van der Waals surface area contributed by atoms with Crippen LogP contribution in [0.25, 0.3) is 0 Å². The van der Waals surface area contributed by atoms with Gasteiger partial charge in [-0.05, 0) is 19.5 Å². The maximum Gasteiger partial charge on any atom is 0.250 e. The minimum absolute atomic E-state index is 0.0621. The van der Waals surface area contributed by atoms with Gasteiger partial charge in [0, 0.05) is 13.0 Å². The average Bonchev–Trinajstić information content (AvgIpc) is 2.60. The van der Waals surface area contributed by atoms with E-state index in [1.807, 2.05) is 6.92 Å². The van der Waals surface area contributed by atoms with E-state index in [9.17, 15) is 4.79 Å². The minimum atomic E-state index is -0.142. The maximum atomic E-state index is 11.4. The molecule has 86 valence electrons. The standard InChI is InChI=1S/C11H21N3O/c1-4-9-11(15)13-10(12-9)7-8-14(5-2)6-3/h9H,4-8H2,1-3H3,(H,12,13,15). The fraction of sp³-hybridized carbons (Fsp3) is 0.818. The third kappa shape index (κ3) is 3.30. The predicted molar refractivity (Wildman–Crippen MR) is 62.1 cm³/mol. The Hall–Kier alpha value is -0.900. The Morgan fingerprint density at radius 2 is 2.00 bits per heavy atom. The van der Waals surface area contributed by atoms with Gasteiger partial charge in [-0.3, -0.25) is 9.79 Å². The van der Waals surface area contributed by atoms with Crippen molar-refractivity contribution in [3.05, 3.63) is 0 Å². The molecule has 4 nitrogen and oxygen atoms in total. The van der Waals surface area contributed by atoms with Gasteiger partial charge in [0.25, 0.3) is 0 Å². The van der Waals surface area contributed by atoms with Crippen LogP contribution in [0.2, 0.25) is 0 Å². The van der Waals surface area contributed by atoms with Gasteiger partial charge in [0.1, 0.15) is 11.9 Å². The molecule has 1 unspecified atom stereocenters. The van der Waals surface area contributed by atoms with Crippen molar-refractivity contribution in [2.75, 3.05) is 19.6 Å². The highest BCUT2D eigenvalue weighted by molar-refractivity contribution is 6.05. The van der Waals surface area contributed by atoms with Crippen LogP contribution in [0.3, 0.4) is 0 Å². The molecule has 1 aliphatic heterocycles. The van der Waals surface area contributed by atoms with E-state index in [-0.39, 0.29) is 11.9 Å². The summed E-state index contributed by atoms with van der Waals surface area (Å²) in [5.74, 6) is 0.922. The normalized spacial score (nSPS) is 20.7. The zero-order valence-corrected chi connectivity index (χ0v) is 9.92. The third-order valence-electron chi connectivity index (χ3n) is 2.83. The van der Waals surface area contributed by atoms with E-state index in [0.29, 0.717) is 0 Å². The predicted octanol–water partition coefficient (Wildman–Crippen LogP) is 1.03. The molecule has 15 heavy (non-hydrogen) atoms. The lowest BCUT2D eigenvalue weighted by Gasteiger charge is -2.17. The number of amides is 1. The molecule has 0 aliphatic carbocycles. The molecule has 0 spiro atoms. The van der Waals surface area contributed by atoms with Crippen LogP contribution in [0.4, 0.5) is 0 Å². The lowest BCUT2D eigenvalue weighted by molar-refractivity contribution is -0.120. The molecule has 1 amide bonds. The van der Waals surface area contributed by atoms with Gasteiger partial charge in [-0.1, -0.05) is 20.8 Å². The molecule has 0 fully saturated rings. The number of nitrogens with zero attached hydrogens (tertiary/aromatic N) is 2. The molecule has 0 aromatic rings. The van der Waals surface area contributed by atoms with E-state index in [1.54, 1.807) is 0 Å². The number of amidine groups is 1. The zero-order chi connectivity index (χ0) is 11.3. The van der Waals surface area contributed by atoms with Gasteiger partial charge < -0.3 is 10.2 Å². The molecule has 1 heterocycles. The van der Waals surface area contributed by atoms with Crippen LogP contribution < -0.4 is 5.32 Å². The number of hydrogen-bond acceptors (Lipinski definition) is 3. The van der Waals surface area contributed by atoms with E-state index in [2.05, 4.69) is 29.1 Å². The summed E-state index contributed by atoms with van der Waals surface area (Å²) in [6, 6.07) is -0.142. The molecule has 0 aromatic carbocycles. The Labute approximate surface area is 91.7 Å². The van der Waals surface area contributed by atoms with Gasteiger partial charge in [0.05, 0.1) is 0 Å². The smallest absolute Gasteiger partial charge is 0.250 e. The van der Waals surface area contributed by atoms with Crippen molar-refractivity contribution in [1.82, 2.24) is 10.2 Å². The molecule has 1 N–H and O–H groups in total. The summed E-state index contributed by atoms with van der Waals surface area (Å²) in [6.07, 6.45) is 1.64. The van der Waals surface area contributed by atoms with Gasteiger partial charge in [0.2, 0.25) is 5.91 Å². The molecule has 0 saturated carbocycles. The second kappa shape index (κ2) is 5.85. The number of carbonyl (C=O) groups excluding carboxylic acids is 1. The van der Waals surface area contributed by atoms with Crippen molar-refractivity contribution < 1.29 is 4.79 Å². The highest BCUT2D eigenvalue weighted by atomic mass is 16.2. The first-order chi connectivity index (χ1) is 7.21. The number of nitrogens with one attached hydrogen (secondary N) is 1. The van der Waals surface area contributed by atoms with Gasteiger partial charge in [-0.25, -0.2) is 0 Å². The minimum Gasteiger partial charge on any atom is -0.313 e. The number of rotatable bonds is 6. The summed E-state index contributed by atoms with van der Waals surface area (Å²) >= 11 is 0. The number of hydrogen-bond donors (Lipinski definition) is 1. The van der Waals surface area contributed by atoms with Gasteiger partial charge in [-0.2, -0.15) is 0 Å². The summed E-state index contributed by atoms with van der Waals surface area (Å²) in [4.78, 5) is 18.0. The molecule has 0 bridgehead atoms. The Balaban J connectivity index is 2.37. The summed E-state index contributed by atoms with van der Waals surface area (Å²) in [5, 5.41) is 2.84. The van der Waals surface area contributed by atoms with E-state index in [1.165, 1.54) is 0 Å². The summed E-state index contributed by atoms with van der Waals surface area (Å²) < 4.78 is 0. The summed E-state index contributed by atoms with van der Waals surface area (Å²) in [6.45, 7) is 9.36. The second-order valence-electron chi connectivity index (χ2n) is 3.77. The average molecular weight is 211 g/mol.